The number of fused-ring (bicyclic) bond motifs is 1. The van der Waals surface area contributed by atoms with Crippen molar-refractivity contribution in [1.82, 2.24) is 20.3 Å². The first-order valence-corrected chi connectivity index (χ1v) is 6.00. The van der Waals surface area contributed by atoms with Gasteiger partial charge in [-0.25, -0.2) is 9.61 Å². The van der Waals surface area contributed by atoms with Crippen LogP contribution in [0.4, 0.5) is 5.69 Å². The molecule has 0 aliphatic heterocycles. The summed E-state index contributed by atoms with van der Waals surface area (Å²) >= 11 is 0. The number of H-pyrrole nitrogens is 1. The fraction of sp³-hybridized carbons (Fsp3) is 0.167. The van der Waals surface area contributed by atoms with Gasteiger partial charge < -0.3 is 0 Å². The Morgan fingerprint density at radius 2 is 2.19 bits per heavy atom. The Morgan fingerprint density at radius 1 is 1.38 bits per heavy atom. The second kappa shape index (κ2) is 4.78. The highest BCUT2D eigenvalue weighted by atomic mass is 16.6. The molecular formula is C12H9N5O4. The van der Waals surface area contributed by atoms with Crippen molar-refractivity contribution in [3.8, 4) is 0 Å². The van der Waals surface area contributed by atoms with E-state index in [0.29, 0.717) is 11.1 Å². The van der Waals surface area contributed by atoms with Gasteiger partial charge in [0.25, 0.3) is 11.2 Å². The van der Waals surface area contributed by atoms with E-state index in [1.165, 1.54) is 6.07 Å². The predicted octanol–water partition coefficient (Wildman–Crippen LogP) is 1.11. The van der Waals surface area contributed by atoms with E-state index in [2.05, 4.69) is 24.9 Å². The van der Waals surface area contributed by atoms with E-state index in [-0.39, 0.29) is 29.1 Å². The second-order valence-electron chi connectivity index (χ2n) is 4.50. The fourth-order valence-electron chi connectivity index (χ4n) is 1.97. The molecule has 1 aromatic carbocycles. The van der Waals surface area contributed by atoms with Crippen LogP contribution in [0.3, 0.4) is 0 Å². The molecule has 0 radical (unpaired) electrons. The van der Waals surface area contributed by atoms with Crippen molar-refractivity contribution < 1.29 is 9.55 Å². The first-order chi connectivity index (χ1) is 10.0. The van der Waals surface area contributed by atoms with Crippen LogP contribution < -0.4 is 5.56 Å². The summed E-state index contributed by atoms with van der Waals surface area (Å²) in [4.78, 5) is 28.9. The molecule has 0 bridgehead atoms. The number of nitrogens with zero attached hydrogens (tertiary/aromatic N) is 4. The van der Waals surface area contributed by atoms with Crippen molar-refractivity contribution in [2.24, 2.45) is 0 Å². The van der Waals surface area contributed by atoms with Crippen LogP contribution >= 0.6 is 0 Å². The van der Waals surface area contributed by atoms with Crippen LogP contribution in [0.1, 0.15) is 16.8 Å². The molecule has 0 saturated heterocycles. The van der Waals surface area contributed by atoms with E-state index in [9.17, 15) is 14.9 Å². The molecule has 0 spiro atoms. The molecule has 21 heavy (non-hydrogen) atoms. The van der Waals surface area contributed by atoms with E-state index in [1.807, 2.05) is 0 Å². The number of nitro groups is 1. The Kier molecular flexibility index (Phi) is 2.94. The molecule has 0 saturated carbocycles. The van der Waals surface area contributed by atoms with Crippen LogP contribution in [-0.4, -0.2) is 25.2 Å². The third kappa shape index (κ3) is 2.36. The third-order valence-electron chi connectivity index (χ3n) is 3.05. The Bertz CT molecular complexity index is 898. The summed E-state index contributed by atoms with van der Waals surface area (Å²) in [5.41, 5.74) is 1.29. The zero-order valence-electron chi connectivity index (χ0n) is 10.9. The average Bonchev–Trinajstić information content (AvgIpc) is 2.88. The van der Waals surface area contributed by atoms with Crippen molar-refractivity contribution >= 4 is 17.0 Å². The van der Waals surface area contributed by atoms with Crippen molar-refractivity contribution in [3.63, 3.8) is 0 Å². The van der Waals surface area contributed by atoms with Gasteiger partial charge in [-0.2, -0.15) is 0 Å². The first-order valence-electron chi connectivity index (χ1n) is 6.00. The van der Waals surface area contributed by atoms with Gasteiger partial charge in [-0.3, -0.25) is 19.9 Å². The highest BCUT2D eigenvalue weighted by Crippen LogP contribution is 2.20. The number of aryl methyl sites for hydroxylation is 1. The molecule has 106 valence electrons. The van der Waals surface area contributed by atoms with Crippen LogP contribution in [0.25, 0.3) is 11.3 Å². The molecule has 3 rings (SSSR count). The summed E-state index contributed by atoms with van der Waals surface area (Å²) in [5, 5.41) is 18.0. The molecule has 9 nitrogen and oxygen atoms in total. The minimum absolute atomic E-state index is 0.00751. The summed E-state index contributed by atoms with van der Waals surface area (Å²) in [6.45, 7) is 1.65. The van der Waals surface area contributed by atoms with Crippen LogP contribution in [0, 0.1) is 17.0 Å². The summed E-state index contributed by atoms with van der Waals surface area (Å²) in [7, 11) is 0. The van der Waals surface area contributed by atoms with Gasteiger partial charge in [-0.05, 0) is 22.8 Å². The summed E-state index contributed by atoms with van der Waals surface area (Å²) in [6, 6.07) is 4.79. The van der Waals surface area contributed by atoms with Gasteiger partial charge in [-0.1, -0.05) is 12.1 Å². The number of hydrogen-bond donors (Lipinski definition) is 1. The quantitative estimate of drug-likeness (QED) is 0.564. The Balaban J connectivity index is 2.02. The van der Waals surface area contributed by atoms with E-state index in [1.54, 1.807) is 19.1 Å². The van der Waals surface area contributed by atoms with Gasteiger partial charge in [0.05, 0.1) is 4.92 Å². The molecular weight excluding hydrogens is 278 g/mol. The predicted molar refractivity (Wildman–Crippen MR) is 70.9 cm³/mol. The molecule has 2 aromatic heterocycles. The summed E-state index contributed by atoms with van der Waals surface area (Å²) < 4.78 is 4.47. The standard InChI is InChI=1S/C12H9N5O4/c1-6-2-3-7(5-9(6)17(19)20)4-8-12(18)14-11-10(13-8)15-21-16-11/h2-3,5H,4H2,1H3,(H,14,16,18). The fourth-order valence-corrected chi connectivity index (χ4v) is 1.97. The number of hydrogen-bond acceptors (Lipinski definition) is 7. The normalized spacial score (nSPS) is 10.9. The minimum atomic E-state index is -0.457. The lowest BCUT2D eigenvalue weighted by Crippen LogP contribution is -2.15. The third-order valence-corrected chi connectivity index (χ3v) is 3.05. The first kappa shape index (κ1) is 12.9. The number of benzene rings is 1. The van der Waals surface area contributed by atoms with E-state index < -0.39 is 10.5 Å². The highest BCUT2D eigenvalue weighted by molar-refractivity contribution is 5.62. The Morgan fingerprint density at radius 3 is 2.95 bits per heavy atom. The summed E-state index contributed by atoms with van der Waals surface area (Å²) in [5.74, 6) is 0. The van der Waals surface area contributed by atoms with E-state index in [0.717, 1.165) is 0 Å². The number of nitrogens with one attached hydrogen (secondary N) is 1. The van der Waals surface area contributed by atoms with E-state index in [4.69, 9.17) is 0 Å². The molecule has 1 N–H and O–H groups in total. The number of nitro benzene ring substituents is 1. The van der Waals surface area contributed by atoms with Gasteiger partial charge in [0.1, 0.15) is 5.69 Å². The van der Waals surface area contributed by atoms with Gasteiger partial charge in [0.15, 0.2) is 0 Å². The zero-order valence-corrected chi connectivity index (χ0v) is 10.9. The maximum atomic E-state index is 11.9. The SMILES string of the molecule is Cc1ccc(Cc2nc3nonc3[nH]c2=O)cc1[N+](=O)[O-]. The smallest absolute Gasteiger partial charge is 0.272 e. The topological polar surface area (TPSA) is 128 Å². The Hall–Kier alpha value is -3.10. The molecule has 2 heterocycles. The van der Waals surface area contributed by atoms with Crippen molar-refractivity contribution in [1.29, 1.82) is 0 Å². The summed E-state index contributed by atoms with van der Waals surface area (Å²) in [6.07, 6.45) is 0.152. The molecule has 0 atom stereocenters. The maximum Gasteiger partial charge on any atom is 0.272 e. The molecule has 0 unspecified atom stereocenters. The number of aromatic amines is 1. The van der Waals surface area contributed by atoms with Gasteiger partial charge in [0, 0.05) is 18.1 Å². The van der Waals surface area contributed by atoms with Crippen LogP contribution in [0.5, 0.6) is 0 Å². The van der Waals surface area contributed by atoms with Crippen molar-refractivity contribution in [2.45, 2.75) is 13.3 Å². The average molecular weight is 287 g/mol. The largest absolute Gasteiger partial charge is 0.299 e. The lowest BCUT2D eigenvalue weighted by atomic mass is 10.1. The Labute approximate surface area is 116 Å². The molecule has 0 fully saturated rings. The molecule has 9 heteroatoms. The maximum absolute atomic E-state index is 11.9. The monoisotopic (exact) mass is 287 g/mol. The molecule has 3 aromatic rings. The van der Waals surface area contributed by atoms with E-state index >= 15 is 0 Å². The highest BCUT2D eigenvalue weighted by Gasteiger charge is 2.14. The minimum Gasteiger partial charge on any atom is -0.299 e. The molecule has 0 amide bonds. The van der Waals surface area contributed by atoms with Crippen LogP contribution in [-0.2, 0) is 6.42 Å². The lowest BCUT2D eigenvalue weighted by molar-refractivity contribution is -0.385. The van der Waals surface area contributed by atoms with Crippen LogP contribution in [0.2, 0.25) is 0 Å². The molecule has 0 aliphatic rings. The zero-order chi connectivity index (χ0) is 15.0. The lowest BCUT2D eigenvalue weighted by Gasteiger charge is -2.02. The van der Waals surface area contributed by atoms with Gasteiger partial charge >= 0.3 is 0 Å². The van der Waals surface area contributed by atoms with Gasteiger partial charge in [-0.15, -0.1) is 0 Å². The van der Waals surface area contributed by atoms with Crippen molar-refractivity contribution in [3.05, 3.63) is 55.5 Å². The van der Waals surface area contributed by atoms with Crippen LogP contribution in [0.15, 0.2) is 27.6 Å². The molecule has 0 aliphatic carbocycles. The number of aromatic nitrogens is 4. The van der Waals surface area contributed by atoms with Crippen molar-refractivity contribution in [2.75, 3.05) is 0 Å². The second-order valence-corrected chi connectivity index (χ2v) is 4.50. The number of rotatable bonds is 3. The van der Waals surface area contributed by atoms with Gasteiger partial charge in [0.2, 0.25) is 11.3 Å².